The molecule has 1 N–H and O–H groups in total. The van der Waals surface area contributed by atoms with Gasteiger partial charge in [-0.15, -0.1) is 6.58 Å². The van der Waals surface area contributed by atoms with Crippen molar-refractivity contribution < 1.29 is 0 Å². The fourth-order valence-corrected chi connectivity index (χ4v) is 0.750. The second-order valence-corrected chi connectivity index (χ2v) is 2.16. The van der Waals surface area contributed by atoms with E-state index in [0.717, 1.165) is 18.1 Å². The molecule has 0 amide bonds. The Balaban J connectivity index is 2.69. The van der Waals surface area contributed by atoms with E-state index in [1.165, 1.54) is 0 Å². The average molecular weight is 149 g/mol. The number of hydrogen-bond donors (Lipinski definition) is 1. The van der Waals surface area contributed by atoms with Gasteiger partial charge in [-0.25, -0.2) is 4.98 Å². The highest BCUT2D eigenvalue weighted by atomic mass is 15.0. The number of nitrogens with zero attached hydrogens (tertiary/aromatic N) is 2. The van der Waals surface area contributed by atoms with Crippen LogP contribution in [0.1, 0.15) is 5.69 Å². The van der Waals surface area contributed by atoms with Crippen LogP contribution in [0.15, 0.2) is 25.0 Å². The first-order valence-corrected chi connectivity index (χ1v) is 3.47. The van der Waals surface area contributed by atoms with E-state index in [0.29, 0.717) is 0 Å². The summed E-state index contributed by atoms with van der Waals surface area (Å²) in [4.78, 5) is 8.17. The maximum Gasteiger partial charge on any atom is 0.147 e. The van der Waals surface area contributed by atoms with Crippen molar-refractivity contribution in [2.24, 2.45) is 0 Å². The van der Waals surface area contributed by atoms with E-state index in [4.69, 9.17) is 0 Å². The van der Waals surface area contributed by atoms with Crippen LogP contribution in [0.4, 0.5) is 5.82 Å². The first kappa shape index (κ1) is 7.72. The highest BCUT2D eigenvalue weighted by Gasteiger charge is 1.94. The Bertz CT molecular complexity index is 245. The van der Waals surface area contributed by atoms with Gasteiger partial charge < -0.3 is 5.32 Å². The molecule has 0 spiro atoms. The van der Waals surface area contributed by atoms with Crippen molar-refractivity contribution in [3.05, 3.63) is 30.7 Å². The normalized spacial score (nSPS) is 9.18. The van der Waals surface area contributed by atoms with Crippen LogP contribution in [0.5, 0.6) is 0 Å². The summed E-state index contributed by atoms with van der Waals surface area (Å²) >= 11 is 0. The molecule has 0 bridgehead atoms. The van der Waals surface area contributed by atoms with Crippen LogP contribution in [0.25, 0.3) is 0 Å². The molecule has 0 unspecified atom stereocenters. The highest BCUT2D eigenvalue weighted by Crippen LogP contribution is 2.04. The molecule has 1 aromatic heterocycles. The predicted molar refractivity (Wildman–Crippen MR) is 45.5 cm³/mol. The van der Waals surface area contributed by atoms with Crippen LogP contribution < -0.4 is 5.32 Å². The van der Waals surface area contributed by atoms with Gasteiger partial charge >= 0.3 is 0 Å². The van der Waals surface area contributed by atoms with E-state index >= 15 is 0 Å². The minimum absolute atomic E-state index is 0.722. The fraction of sp³-hybridized carbons (Fsp3) is 0.250. The zero-order valence-corrected chi connectivity index (χ0v) is 6.54. The maximum absolute atomic E-state index is 4.09. The summed E-state index contributed by atoms with van der Waals surface area (Å²) in [6, 6.07) is 0. The van der Waals surface area contributed by atoms with Crippen molar-refractivity contribution in [1.82, 2.24) is 9.97 Å². The molecular formula is C8H11N3. The molecule has 1 heterocycles. The van der Waals surface area contributed by atoms with Crippen LogP contribution in [0.3, 0.4) is 0 Å². The van der Waals surface area contributed by atoms with Crippen molar-refractivity contribution in [3.8, 4) is 0 Å². The number of nitrogens with one attached hydrogen (secondary N) is 1. The third-order valence-corrected chi connectivity index (χ3v) is 1.30. The second kappa shape index (κ2) is 3.71. The molecule has 0 saturated carbocycles. The monoisotopic (exact) mass is 149 g/mol. The number of aromatic nitrogens is 2. The van der Waals surface area contributed by atoms with Crippen LogP contribution in [0, 0.1) is 6.92 Å². The topological polar surface area (TPSA) is 37.8 Å². The summed E-state index contributed by atoms with van der Waals surface area (Å²) < 4.78 is 0. The lowest BCUT2D eigenvalue weighted by Crippen LogP contribution is -2.02. The number of hydrogen-bond acceptors (Lipinski definition) is 3. The largest absolute Gasteiger partial charge is 0.365 e. The molecule has 0 atom stereocenters. The van der Waals surface area contributed by atoms with Gasteiger partial charge in [-0.3, -0.25) is 4.98 Å². The summed E-state index contributed by atoms with van der Waals surface area (Å²) in [5, 5.41) is 3.07. The third-order valence-electron chi connectivity index (χ3n) is 1.30. The van der Waals surface area contributed by atoms with Gasteiger partial charge in [0.1, 0.15) is 5.82 Å². The Morgan fingerprint density at radius 2 is 2.27 bits per heavy atom. The smallest absolute Gasteiger partial charge is 0.147 e. The summed E-state index contributed by atoms with van der Waals surface area (Å²) in [7, 11) is 0. The molecule has 11 heavy (non-hydrogen) atoms. The zero-order valence-electron chi connectivity index (χ0n) is 6.54. The van der Waals surface area contributed by atoms with E-state index < -0.39 is 0 Å². The SMILES string of the molecule is C=CCNc1nccnc1C. The van der Waals surface area contributed by atoms with Crippen molar-refractivity contribution in [3.63, 3.8) is 0 Å². The zero-order chi connectivity index (χ0) is 8.10. The third kappa shape index (κ3) is 2.04. The molecule has 0 saturated heterocycles. The lowest BCUT2D eigenvalue weighted by atomic mass is 10.4. The van der Waals surface area contributed by atoms with Gasteiger partial charge in [0.15, 0.2) is 0 Å². The van der Waals surface area contributed by atoms with Crippen molar-refractivity contribution >= 4 is 5.82 Å². The summed E-state index contributed by atoms with van der Waals surface area (Å²) in [6.07, 6.45) is 5.13. The molecule has 0 aliphatic heterocycles. The lowest BCUT2D eigenvalue weighted by Gasteiger charge is -2.02. The number of rotatable bonds is 3. The van der Waals surface area contributed by atoms with Gasteiger partial charge in [0.2, 0.25) is 0 Å². The summed E-state index contributed by atoms with van der Waals surface area (Å²) in [5.41, 5.74) is 0.911. The standard InChI is InChI=1S/C8H11N3/c1-3-4-10-8-7(2)9-5-6-11-8/h3,5-6H,1,4H2,2H3,(H,10,11). The van der Waals surface area contributed by atoms with Gasteiger partial charge in [0, 0.05) is 18.9 Å². The van der Waals surface area contributed by atoms with Crippen LogP contribution >= 0.6 is 0 Å². The van der Waals surface area contributed by atoms with Gasteiger partial charge in [-0.1, -0.05) is 6.08 Å². The van der Waals surface area contributed by atoms with Crippen LogP contribution in [-0.4, -0.2) is 16.5 Å². The minimum atomic E-state index is 0.722. The van der Waals surface area contributed by atoms with Crippen molar-refractivity contribution in [2.75, 3.05) is 11.9 Å². The van der Waals surface area contributed by atoms with E-state index in [9.17, 15) is 0 Å². The summed E-state index contributed by atoms with van der Waals surface area (Å²) in [5.74, 6) is 0.826. The minimum Gasteiger partial charge on any atom is -0.365 e. The molecule has 3 heteroatoms. The Morgan fingerprint density at radius 3 is 2.91 bits per heavy atom. The Morgan fingerprint density at radius 1 is 1.55 bits per heavy atom. The van der Waals surface area contributed by atoms with E-state index in [-0.39, 0.29) is 0 Å². The molecule has 58 valence electrons. The van der Waals surface area contributed by atoms with E-state index in [1.54, 1.807) is 18.5 Å². The van der Waals surface area contributed by atoms with E-state index in [2.05, 4.69) is 21.9 Å². The summed E-state index contributed by atoms with van der Waals surface area (Å²) in [6.45, 7) is 6.23. The van der Waals surface area contributed by atoms with Crippen LogP contribution in [-0.2, 0) is 0 Å². The predicted octanol–water partition coefficient (Wildman–Crippen LogP) is 1.38. The highest BCUT2D eigenvalue weighted by molar-refractivity contribution is 5.38. The molecule has 1 rings (SSSR count). The fourth-order valence-electron chi connectivity index (χ4n) is 0.750. The molecule has 0 fully saturated rings. The molecule has 3 nitrogen and oxygen atoms in total. The first-order chi connectivity index (χ1) is 5.34. The Kier molecular flexibility index (Phi) is 2.60. The lowest BCUT2D eigenvalue weighted by molar-refractivity contribution is 1.09. The van der Waals surface area contributed by atoms with Gasteiger partial charge in [-0.05, 0) is 6.92 Å². The molecule has 0 radical (unpaired) electrons. The quantitative estimate of drug-likeness (QED) is 0.660. The molecule has 0 aliphatic rings. The maximum atomic E-state index is 4.09. The molecule has 0 aliphatic carbocycles. The number of aryl methyl sites for hydroxylation is 1. The molecule has 0 aromatic carbocycles. The molecule has 1 aromatic rings. The van der Waals surface area contributed by atoms with Gasteiger partial charge in [0.05, 0.1) is 5.69 Å². The van der Waals surface area contributed by atoms with Crippen molar-refractivity contribution in [2.45, 2.75) is 6.92 Å². The number of anilines is 1. The van der Waals surface area contributed by atoms with E-state index in [1.807, 2.05) is 6.92 Å². The molecular weight excluding hydrogens is 138 g/mol. The van der Waals surface area contributed by atoms with Gasteiger partial charge in [0.25, 0.3) is 0 Å². The second-order valence-electron chi connectivity index (χ2n) is 2.16. The Hall–Kier alpha value is -1.38. The average Bonchev–Trinajstić information content (AvgIpc) is 2.03. The first-order valence-electron chi connectivity index (χ1n) is 3.47. The van der Waals surface area contributed by atoms with Gasteiger partial charge in [-0.2, -0.15) is 0 Å². The van der Waals surface area contributed by atoms with Crippen LogP contribution in [0.2, 0.25) is 0 Å². The van der Waals surface area contributed by atoms with Crippen molar-refractivity contribution in [1.29, 1.82) is 0 Å². The Labute approximate surface area is 66.2 Å².